The highest BCUT2D eigenvalue weighted by Gasteiger charge is 2.20. The minimum Gasteiger partial charge on any atom is -0.507 e. The van der Waals surface area contributed by atoms with Crippen LogP contribution in [0.2, 0.25) is 0 Å². The largest absolute Gasteiger partial charge is 0.507 e. The summed E-state index contributed by atoms with van der Waals surface area (Å²) in [5.41, 5.74) is 3.40. The lowest BCUT2D eigenvalue weighted by atomic mass is 9.83. The molecule has 15 heavy (non-hydrogen) atoms. The Morgan fingerprint density at radius 2 is 1.80 bits per heavy atom. The van der Waals surface area contributed by atoms with Crippen LogP contribution in [0.4, 0.5) is 0 Å². The van der Waals surface area contributed by atoms with Crippen LogP contribution >= 0.6 is 0 Å². The summed E-state index contributed by atoms with van der Waals surface area (Å²) in [4.78, 5) is 0. The van der Waals surface area contributed by atoms with E-state index in [2.05, 4.69) is 46.8 Å². The molecule has 0 radical (unpaired) electrons. The molecule has 84 valence electrons. The first-order chi connectivity index (χ1) is 6.86. The molecule has 1 N–H and O–H groups in total. The molecule has 0 aliphatic carbocycles. The highest BCUT2D eigenvalue weighted by Crippen LogP contribution is 2.34. The fourth-order valence-corrected chi connectivity index (χ4v) is 1.89. The molecular weight excluding hydrogens is 184 g/mol. The van der Waals surface area contributed by atoms with Gasteiger partial charge in [-0.1, -0.05) is 51.8 Å². The van der Waals surface area contributed by atoms with E-state index in [1.807, 2.05) is 0 Å². The van der Waals surface area contributed by atoms with Crippen molar-refractivity contribution in [1.82, 2.24) is 0 Å². The van der Waals surface area contributed by atoms with E-state index in [9.17, 15) is 5.11 Å². The fourth-order valence-electron chi connectivity index (χ4n) is 1.89. The number of hydrogen-bond donors (Lipinski definition) is 1. The molecule has 0 atom stereocenters. The van der Waals surface area contributed by atoms with Crippen LogP contribution in [-0.4, -0.2) is 5.11 Å². The first-order valence-corrected chi connectivity index (χ1v) is 5.69. The maximum Gasteiger partial charge on any atom is 0.122 e. The standard InChI is InChI=1S/C14H22O/c1-6-7-11-8-10(2)9-12(13(11)15)14(3,4)5/h8-9,15H,6-7H2,1-5H3. The number of benzene rings is 1. The van der Waals surface area contributed by atoms with Crippen LogP contribution < -0.4 is 0 Å². The highest BCUT2D eigenvalue weighted by atomic mass is 16.3. The van der Waals surface area contributed by atoms with Crippen molar-refractivity contribution in [1.29, 1.82) is 0 Å². The molecule has 0 aromatic heterocycles. The molecule has 1 aromatic rings. The summed E-state index contributed by atoms with van der Waals surface area (Å²) in [6.45, 7) is 10.6. The predicted octanol–water partition coefficient (Wildman–Crippen LogP) is 3.95. The van der Waals surface area contributed by atoms with E-state index in [1.165, 1.54) is 5.56 Å². The van der Waals surface area contributed by atoms with Gasteiger partial charge >= 0.3 is 0 Å². The molecular formula is C14H22O. The van der Waals surface area contributed by atoms with E-state index < -0.39 is 0 Å². The van der Waals surface area contributed by atoms with Crippen molar-refractivity contribution in [2.24, 2.45) is 0 Å². The first-order valence-electron chi connectivity index (χ1n) is 5.69. The van der Waals surface area contributed by atoms with Crippen LogP contribution in [0.3, 0.4) is 0 Å². The zero-order valence-corrected chi connectivity index (χ0v) is 10.5. The van der Waals surface area contributed by atoms with Gasteiger partial charge in [0, 0.05) is 0 Å². The van der Waals surface area contributed by atoms with Crippen LogP contribution in [0.5, 0.6) is 5.75 Å². The Kier molecular flexibility index (Phi) is 3.43. The minimum atomic E-state index is 0.0125. The Morgan fingerprint density at radius 1 is 1.20 bits per heavy atom. The van der Waals surface area contributed by atoms with Gasteiger partial charge in [0.05, 0.1) is 0 Å². The Hall–Kier alpha value is -0.980. The zero-order valence-electron chi connectivity index (χ0n) is 10.5. The number of phenolic OH excluding ortho intramolecular Hbond substituents is 1. The van der Waals surface area contributed by atoms with Crippen molar-refractivity contribution in [3.8, 4) is 5.75 Å². The van der Waals surface area contributed by atoms with Gasteiger partial charge in [0.25, 0.3) is 0 Å². The van der Waals surface area contributed by atoms with Crippen LogP contribution in [0.25, 0.3) is 0 Å². The molecule has 0 fully saturated rings. The van der Waals surface area contributed by atoms with Gasteiger partial charge in [-0.15, -0.1) is 0 Å². The first kappa shape index (κ1) is 12.1. The predicted molar refractivity (Wildman–Crippen MR) is 65.5 cm³/mol. The molecule has 0 spiro atoms. The fraction of sp³-hybridized carbons (Fsp3) is 0.571. The summed E-state index contributed by atoms with van der Waals surface area (Å²) in [6.07, 6.45) is 2.02. The molecule has 1 rings (SSSR count). The molecule has 1 aromatic carbocycles. The second kappa shape index (κ2) is 4.26. The number of rotatable bonds is 2. The maximum absolute atomic E-state index is 10.2. The number of aromatic hydroxyl groups is 1. The van der Waals surface area contributed by atoms with Gasteiger partial charge in [-0.3, -0.25) is 0 Å². The molecule has 0 saturated heterocycles. The van der Waals surface area contributed by atoms with Gasteiger partial charge < -0.3 is 5.11 Å². The van der Waals surface area contributed by atoms with Crippen LogP contribution in [0, 0.1) is 6.92 Å². The van der Waals surface area contributed by atoms with Crippen LogP contribution in [0.1, 0.15) is 50.8 Å². The number of phenols is 1. The molecule has 0 unspecified atom stereocenters. The smallest absolute Gasteiger partial charge is 0.122 e. The molecule has 0 aliphatic rings. The second-order valence-electron chi connectivity index (χ2n) is 5.32. The SMILES string of the molecule is CCCc1cc(C)cc(C(C)(C)C)c1O. The van der Waals surface area contributed by atoms with E-state index in [0.29, 0.717) is 5.75 Å². The van der Waals surface area contributed by atoms with E-state index in [0.717, 1.165) is 24.0 Å². The van der Waals surface area contributed by atoms with Crippen molar-refractivity contribution in [2.75, 3.05) is 0 Å². The molecule has 0 bridgehead atoms. The maximum atomic E-state index is 10.2. The normalized spacial score (nSPS) is 11.8. The van der Waals surface area contributed by atoms with Gasteiger partial charge in [0.15, 0.2) is 0 Å². The van der Waals surface area contributed by atoms with Crippen molar-refractivity contribution in [3.05, 3.63) is 28.8 Å². The zero-order chi connectivity index (χ0) is 11.6. The summed E-state index contributed by atoms with van der Waals surface area (Å²) in [5.74, 6) is 0.495. The summed E-state index contributed by atoms with van der Waals surface area (Å²) < 4.78 is 0. The third-order valence-corrected chi connectivity index (χ3v) is 2.66. The molecule has 1 heteroatoms. The van der Waals surface area contributed by atoms with E-state index >= 15 is 0 Å². The molecule has 0 amide bonds. The quantitative estimate of drug-likeness (QED) is 0.776. The third-order valence-electron chi connectivity index (χ3n) is 2.66. The Morgan fingerprint density at radius 3 is 2.27 bits per heavy atom. The van der Waals surface area contributed by atoms with Gasteiger partial charge in [-0.05, 0) is 29.9 Å². The van der Waals surface area contributed by atoms with Crippen molar-refractivity contribution in [3.63, 3.8) is 0 Å². The van der Waals surface area contributed by atoms with E-state index in [4.69, 9.17) is 0 Å². The van der Waals surface area contributed by atoms with Gasteiger partial charge in [-0.2, -0.15) is 0 Å². The molecule has 0 aliphatic heterocycles. The topological polar surface area (TPSA) is 20.2 Å². The lowest BCUT2D eigenvalue weighted by Crippen LogP contribution is -2.12. The van der Waals surface area contributed by atoms with Crippen LogP contribution in [-0.2, 0) is 11.8 Å². The molecule has 0 saturated carbocycles. The lowest BCUT2D eigenvalue weighted by Gasteiger charge is -2.22. The Balaban J connectivity index is 3.28. The average Bonchev–Trinajstić information content (AvgIpc) is 2.09. The summed E-state index contributed by atoms with van der Waals surface area (Å²) in [5, 5.41) is 10.2. The third kappa shape index (κ3) is 2.74. The van der Waals surface area contributed by atoms with Crippen LogP contribution in [0.15, 0.2) is 12.1 Å². The van der Waals surface area contributed by atoms with E-state index in [-0.39, 0.29) is 5.41 Å². The van der Waals surface area contributed by atoms with E-state index in [1.54, 1.807) is 0 Å². The summed E-state index contributed by atoms with van der Waals surface area (Å²) in [7, 11) is 0. The Bertz CT molecular complexity index is 345. The second-order valence-corrected chi connectivity index (χ2v) is 5.32. The summed E-state index contributed by atoms with van der Waals surface area (Å²) in [6, 6.07) is 4.18. The molecule has 0 heterocycles. The number of aryl methyl sites for hydroxylation is 2. The molecule has 1 nitrogen and oxygen atoms in total. The van der Waals surface area contributed by atoms with Crippen molar-refractivity contribution < 1.29 is 5.11 Å². The highest BCUT2D eigenvalue weighted by molar-refractivity contribution is 5.46. The van der Waals surface area contributed by atoms with Crippen molar-refractivity contribution in [2.45, 2.75) is 52.9 Å². The minimum absolute atomic E-state index is 0.0125. The number of hydrogen-bond acceptors (Lipinski definition) is 1. The Labute approximate surface area is 93.1 Å². The van der Waals surface area contributed by atoms with Crippen molar-refractivity contribution >= 4 is 0 Å². The van der Waals surface area contributed by atoms with Gasteiger partial charge in [0.2, 0.25) is 0 Å². The van der Waals surface area contributed by atoms with Gasteiger partial charge in [0.1, 0.15) is 5.75 Å². The van der Waals surface area contributed by atoms with Gasteiger partial charge in [-0.25, -0.2) is 0 Å². The average molecular weight is 206 g/mol. The summed E-state index contributed by atoms with van der Waals surface area (Å²) >= 11 is 0. The monoisotopic (exact) mass is 206 g/mol. The lowest BCUT2D eigenvalue weighted by molar-refractivity contribution is 0.439.